The van der Waals surface area contributed by atoms with Gasteiger partial charge in [-0.2, -0.15) is 0 Å². The SMILES string of the molecule is CC(C)c1nccn1CC1CCN(C(=O)CNS(=O)(=O)c2ccccc2)CC1. The van der Waals surface area contributed by atoms with Gasteiger partial charge in [0.15, 0.2) is 0 Å². The molecule has 2 aromatic rings. The molecule has 7 nitrogen and oxygen atoms in total. The van der Waals surface area contributed by atoms with Gasteiger partial charge < -0.3 is 9.47 Å². The molecule has 28 heavy (non-hydrogen) atoms. The summed E-state index contributed by atoms with van der Waals surface area (Å²) >= 11 is 0. The number of likely N-dealkylation sites (tertiary alicyclic amines) is 1. The average molecular weight is 405 g/mol. The van der Waals surface area contributed by atoms with E-state index >= 15 is 0 Å². The van der Waals surface area contributed by atoms with E-state index in [1.54, 1.807) is 23.1 Å². The van der Waals surface area contributed by atoms with Crippen molar-refractivity contribution in [3.05, 3.63) is 48.5 Å². The van der Waals surface area contributed by atoms with Crippen LogP contribution in [0.3, 0.4) is 0 Å². The van der Waals surface area contributed by atoms with Crippen LogP contribution >= 0.6 is 0 Å². The van der Waals surface area contributed by atoms with Crippen molar-refractivity contribution in [2.24, 2.45) is 5.92 Å². The van der Waals surface area contributed by atoms with E-state index in [2.05, 4.69) is 28.1 Å². The third-order valence-electron chi connectivity index (χ3n) is 5.15. The Kier molecular flexibility index (Phi) is 6.51. The van der Waals surface area contributed by atoms with Crippen molar-refractivity contribution in [3.63, 3.8) is 0 Å². The summed E-state index contributed by atoms with van der Waals surface area (Å²) in [7, 11) is -3.66. The first-order chi connectivity index (χ1) is 13.4. The van der Waals surface area contributed by atoms with Gasteiger partial charge in [-0.15, -0.1) is 0 Å². The molecule has 0 bridgehead atoms. The Morgan fingerprint density at radius 1 is 1.21 bits per heavy atom. The lowest BCUT2D eigenvalue weighted by molar-refractivity contribution is -0.131. The first kappa shape index (κ1) is 20.5. The Bertz CT molecular complexity index is 885. The van der Waals surface area contributed by atoms with Crippen molar-refractivity contribution in [2.75, 3.05) is 19.6 Å². The van der Waals surface area contributed by atoms with Crippen LogP contribution in [0, 0.1) is 5.92 Å². The Labute approximate surface area is 166 Å². The van der Waals surface area contributed by atoms with Gasteiger partial charge in [-0.05, 0) is 30.9 Å². The monoisotopic (exact) mass is 404 g/mol. The number of imidazole rings is 1. The van der Waals surface area contributed by atoms with Crippen molar-refractivity contribution in [2.45, 2.75) is 44.0 Å². The fourth-order valence-corrected chi connectivity index (χ4v) is 4.57. The molecule has 3 rings (SSSR count). The molecule has 152 valence electrons. The van der Waals surface area contributed by atoms with Crippen LogP contribution in [0.4, 0.5) is 0 Å². The minimum atomic E-state index is -3.66. The largest absolute Gasteiger partial charge is 0.342 e. The smallest absolute Gasteiger partial charge is 0.241 e. The summed E-state index contributed by atoms with van der Waals surface area (Å²) in [5.41, 5.74) is 0. The van der Waals surface area contributed by atoms with Gasteiger partial charge in [0.25, 0.3) is 0 Å². The fraction of sp³-hybridized carbons (Fsp3) is 0.500. The lowest BCUT2D eigenvalue weighted by Crippen LogP contribution is -2.44. The molecule has 1 fully saturated rings. The van der Waals surface area contributed by atoms with E-state index in [4.69, 9.17) is 0 Å². The third-order valence-corrected chi connectivity index (χ3v) is 6.57. The molecule has 0 atom stereocenters. The number of carbonyl (C=O) groups is 1. The van der Waals surface area contributed by atoms with Crippen molar-refractivity contribution < 1.29 is 13.2 Å². The van der Waals surface area contributed by atoms with Crippen molar-refractivity contribution in [3.8, 4) is 0 Å². The highest BCUT2D eigenvalue weighted by Gasteiger charge is 2.25. The van der Waals surface area contributed by atoms with Crippen molar-refractivity contribution in [1.29, 1.82) is 0 Å². The molecule has 1 aromatic carbocycles. The molecule has 1 amide bonds. The summed E-state index contributed by atoms with van der Waals surface area (Å²) in [6, 6.07) is 8.10. The number of piperidine rings is 1. The van der Waals surface area contributed by atoms with Gasteiger partial charge in [-0.1, -0.05) is 32.0 Å². The summed E-state index contributed by atoms with van der Waals surface area (Å²) < 4.78 is 29.1. The molecule has 0 unspecified atom stereocenters. The van der Waals surface area contributed by atoms with Gasteiger partial charge in [-0.3, -0.25) is 4.79 Å². The van der Waals surface area contributed by atoms with Crippen LogP contribution in [0.5, 0.6) is 0 Å². The van der Waals surface area contributed by atoms with Crippen LogP contribution in [0.1, 0.15) is 38.4 Å². The molecule has 1 aliphatic rings. The number of carbonyl (C=O) groups excluding carboxylic acids is 1. The van der Waals surface area contributed by atoms with Crippen molar-refractivity contribution in [1.82, 2.24) is 19.2 Å². The minimum absolute atomic E-state index is 0.169. The summed E-state index contributed by atoms with van der Waals surface area (Å²) in [5.74, 6) is 1.79. The number of rotatable bonds is 7. The second kappa shape index (κ2) is 8.87. The van der Waals surface area contributed by atoms with Gasteiger partial charge in [-0.25, -0.2) is 18.1 Å². The Balaban J connectivity index is 1.48. The van der Waals surface area contributed by atoms with Crippen LogP contribution in [0.15, 0.2) is 47.6 Å². The van der Waals surface area contributed by atoms with Gasteiger partial charge in [0.2, 0.25) is 15.9 Å². The van der Waals surface area contributed by atoms with E-state index in [0.717, 1.165) is 25.2 Å². The summed E-state index contributed by atoms with van der Waals surface area (Å²) in [4.78, 5) is 18.8. The molecule has 0 saturated carbocycles. The van der Waals surface area contributed by atoms with E-state index in [1.165, 1.54) is 12.1 Å². The molecule has 8 heteroatoms. The molecule has 0 spiro atoms. The maximum Gasteiger partial charge on any atom is 0.241 e. The van der Waals surface area contributed by atoms with E-state index < -0.39 is 10.0 Å². The summed E-state index contributed by atoms with van der Waals surface area (Å²) in [6.07, 6.45) is 5.68. The Hall–Kier alpha value is -2.19. The summed E-state index contributed by atoms with van der Waals surface area (Å²) in [6.45, 7) is 6.29. The zero-order valence-corrected chi connectivity index (χ0v) is 17.2. The molecular formula is C20H28N4O3S. The number of sulfonamides is 1. The van der Waals surface area contributed by atoms with Gasteiger partial charge in [0, 0.05) is 37.9 Å². The number of hydrogen-bond donors (Lipinski definition) is 1. The van der Waals surface area contributed by atoms with E-state index in [9.17, 15) is 13.2 Å². The fourth-order valence-electron chi connectivity index (χ4n) is 3.57. The molecule has 1 aliphatic heterocycles. The maximum absolute atomic E-state index is 12.4. The van der Waals surface area contributed by atoms with Crippen LogP contribution in [0.25, 0.3) is 0 Å². The van der Waals surface area contributed by atoms with E-state index in [0.29, 0.717) is 24.9 Å². The zero-order valence-electron chi connectivity index (χ0n) is 16.4. The number of benzene rings is 1. The quantitative estimate of drug-likeness (QED) is 0.767. The normalized spacial score (nSPS) is 15.9. The highest BCUT2D eigenvalue weighted by Crippen LogP contribution is 2.21. The second-order valence-electron chi connectivity index (χ2n) is 7.55. The molecule has 1 N–H and O–H groups in total. The standard InChI is InChI=1S/C20H28N4O3S/c1-16(2)20-21-10-13-24(20)15-17-8-11-23(12-9-17)19(25)14-22-28(26,27)18-6-4-3-5-7-18/h3-7,10,13,16-17,22H,8-9,11-12,14-15H2,1-2H3. The van der Waals surface area contributed by atoms with Crippen molar-refractivity contribution >= 4 is 15.9 Å². The van der Waals surface area contributed by atoms with Gasteiger partial charge in [0.1, 0.15) is 5.82 Å². The number of nitrogens with zero attached hydrogens (tertiary/aromatic N) is 3. The Morgan fingerprint density at radius 3 is 2.54 bits per heavy atom. The first-order valence-electron chi connectivity index (χ1n) is 9.70. The number of aromatic nitrogens is 2. The van der Waals surface area contributed by atoms with Gasteiger partial charge in [0.05, 0.1) is 11.4 Å². The molecular weight excluding hydrogens is 376 g/mol. The lowest BCUT2D eigenvalue weighted by atomic mass is 9.96. The zero-order chi connectivity index (χ0) is 20.1. The molecule has 1 saturated heterocycles. The lowest BCUT2D eigenvalue weighted by Gasteiger charge is -2.32. The highest BCUT2D eigenvalue weighted by molar-refractivity contribution is 7.89. The second-order valence-corrected chi connectivity index (χ2v) is 9.32. The first-order valence-corrected chi connectivity index (χ1v) is 11.2. The third kappa shape index (κ3) is 4.99. The average Bonchev–Trinajstić information content (AvgIpc) is 3.16. The molecule has 2 heterocycles. The number of hydrogen-bond acceptors (Lipinski definition) is 4. The van der Waals surface area contributed by atoms with Crippen LogP contribution < -0.4 is 4.72 Å². The van der Waals surface area contributed by atoms with Crippen LogP contribution in [0.2, 0.25) is 0 Å². The number of amides is 1. The van der Waals surface area contributed by atoms with Crippen LogP contribution in [-0.2, 0) is 21.4 Å². The Morgan fingerprint density at radius 2 is 1.89 bits per heavy atom. The molecule has 0 radical (unpaired) electrons. The van der Waals surface area contributed by atoms with E-state index in [1.807, 2.05) is 12.4 Å². The maximum atomic E-state index is 12.4. The van der Waals surface area contributed by atoms with Gasteiger partial charge >= 0.3 is 0 Å². The predicted octanol–water partition coefficient (Wildman–Crippen LogP) is 2.22. The van der Waals surface area contributed by atoms with Crippen LogP contribution in [-0.4, -0.2) is 48.4 Å². The van der Waals surface area contributed by atoms with E-state index in [-0.39, 0.29) is 17.3 Å². The molecule has 0 aliphatic carbocycles. The minimum Gasteiger partial charge on any atom is -0.342 e. The number of nitrogens with one attached hydrogen (secondary N) is 1. The summed E-state index contributed by atoms with van der Waals surface area (Å²) in [5, 5.41) is 0. The molecule has 1 aromatic heterocycles. The predicted molar refractivity (Wildman–Crippen MR) is 107 cm³/mol. The highest BCUT2D eigenvalue weighted by atomic mass is 32.2. The topological polar surface area (TPSA) is 84.3 Å².